The van der Waals surface area contributed by atoms with Crippen LogP contribution in [0.15, 0.2) is 0 Å². The molecule has 0 fully saturated rings. The first-order chi connectivity index (χ1) is 9.54. The standard InChI is InChI=1S/C13H27NO2.C2H7NO/c1-2-3-4-5-6-7-8-10-13(15)16-12-9-11-14;1-3(2)4/h2-12,14H2,1H3;3H,1-2H3. The lowest BCUT2D eigenvalue weighted by atomic mass is 10.1. The average molecular weight is 290 g/mol. The van der Waals surface area contributed by atoms with Gasteiger partial charge >= 0.3 is 5.97 Å². The molecule has 0 saturated heterocycles. The van der Waals surface area contributed by atoms with E-state index in [9.17, 15) is 10.0 Å². The van der Waals surface area contributed by atoms with Crippen LogP contribution in [-0.2, 0) is 9.53 Å². The van der Waals surface area contributed by atoms with Crippen LogP contribution in [0.4, 0.5) is 0 Å². The lowest BCUT2D eigenvalue weighted by Crippen LogP contribution is -3.00. The summed E-state index contributed by atoms with van der Waals surface area (Å²) in [7, 11) is 3.06. The number of carbonyl (C=O) groups is 1. The number of nitrogens with one attached hydrogen (secondary N) is 1. The molecule has 0 aromatic rings. The summed E-state index contributed by atoms with van der Waals surface area (Å²) < 4.78 is 5.01. The van der Waals surface area contributed by atoms with E-state index in [1.165, 1.54) is 46.2 Å². The van der Waals surface area contributed by atoms with Gasteiger partial charge < -0.3 is 20.7 Å². The summed E-state index contributed by atoms with van der Waals surface area (Å²) in [4.78, 5) is 11.2. The Kier molecular flexibility index (Phi) is 19.9. The minimum Gasteiger partial charge on any atom is -0.635 e. The molecule has 5 nitrogen and oxygen atoms in total. The van der Waals surface area contributed by atoms with Crippen molar-refractivity contribution in [3.63, 3.8) is 0 Å². The van der Waals surface area contributed by atoms with Gasteiger partial charge in [0.25, 0.3) is 0 Å². The summed E-state index contributed by atoms with van der Waals surface area (Å²) in [5.41, 5.74) is 5.30. The lowest BCUT2D eigenvalue weighted by molar-refractivity contribution is -0.802. The quantitative estimate of drug-likeness (QED) is 0.344. The minimum atomic E-state index is -0.0676. The van der Waals surface area contributed by atoms with Crippen LogP contribution in [0.3, 0.4) is 0 Å². The fourth-order valence-corrected chi connectivity index (χ4v) is 1.57. The third-order valence-electron chi connectivity index (χ3n) is 2.60. The highest BCUT2D eigenvalue weighted by Crippen LogP contribution is 2.08. The second-order valence-corrected chi connectivity index (χ2v) is 5.14. The van der Waals surface area contributed by atoms with Crippen molar-refractivity contribution in [3.05, 3.63) is 5.21 Å². The summed E-state index contributed by atoms with van der Waals surface area (Å²) in [6, 6.07) is 0. The first-order valence-corrected chi connectivity index (χ1v) is 7.87. The molecule has 0 aliphatic carbocycles. The van der Waals surface area contributed by atoms with Crippen molar-refractivity contribution < 1.29 is 14.6 Å². The molecule has 0 radical (unpaired) electrons. The molecule has 0 rings (SSSR count). The van der Waals surface area contributed by atoms with E-state index in [1.54, 1.807) is 0 Å². The normalized spacial score (nSPS) is 10.1. The van der Waals surface area contributed by atoms with Gasteiger partial charge in [-0.25, -0.2) is 0 Å². The summed E-state index contributed by atoms with van der Waals surface area (Å²) in [6.07, 6.45) is 9.95. The van der Waals surface area contributed by atoms with Crippen molar-refractivity contribution in [2.24, 2.45) is 5.73 Å². The van der Waals surface area contributed by atoms with Gasteiger partial charge in [0.15, 0.2) is 0 Å². The molecule has 20 heavy (non-hydrogen) atoms. The molecule has 0 aliphatic heterocycles. The molecule has 0 aliphatic rings. The van der Waals surface area contributed by atoms with Crippen LogP contribution in [-0.4, -0.2) is 33.2 Å². The Hall–Kier alpha value is -0.650. The number of hydrogen-bond acceptors (Lipinski definition) is 4. The largest absolute Gasteiger partial charge is 0.635 e. The molecule has 0 spiro atoms. The van der Waals surface area contributed by atoms with Gasteiger partial charge in [-0.05, 0) is 19.4 Å². The predicted molar refractivity (Wildman–Crippen MR) is 83.4 cm³/mol. The fourth-order valence-electron chi connectivity index (χ4n) is 1.57. The Bertz CT molecular complexity index is 197. The second-order valence-electron chi connectivity index (χ2n) is 5.14. The fraction of sp³-hybridized carbons (Fsp3) is 0.933. The van der Waals surface area contributed by atoms with Gasteiger partial charge in [0, 0.05) is 6.42 Å². The Morgan fingerprint density at radius 3 is 2.05 bits per heavy atom. The van der Waals surface area contributed by atoms with Gasteiger partial charge in [0.1, 0.15) is 0 Å². The van der Waals surface area contributed by atoms with E-state index >= 15 is 0 Å². The van der Waals surface area contributed by atoms with Crippen molar-refractivity contribution in [2.45, 2.75) is 64.7 Å². The van der Waals surface area contributed by atoms with Crippen LogP contribution in [0, 0.1) is 5.21 Å². The van der Waals surface area contributed by atoms with Crippen LogP contribution in [0.1, 0.15) is 64.7 Å². The van der Waals surface area contributed by atoms with E-state index in [0.29, 0.717) is 19.6 Å². The predicted octanol–water partition coefficient (Wildman–Crippen LogP) is 1.65. The molecule has 0 saturated carbocycles. The maximum absolute atomic E-state index is 11.2. The van der Waals surface area contributed by atoms with Crippen molar-refractivity contribution in [1.82, 2.24) is 0 Å². The number of esters is 1. The Labute approximate surface area is 124 Å². The monoisotopic (exact) mass is 290 g/mol. The van der Waals surface area contributed by atoms with Crippen LogP contribution in [0.5, 0.6) is 0 Å². The van der Waals surface area contributed by atoms with Crippen LogP contribution in [0.25, 0.3) is 0 Å². The number of carbonyl (C=O) groups excluding carboxylic acids is 1. The van der Waals surface area contributed by atoms with Gasteiger partial charge in [0.05, 0.1) is 20.7 Å². The lowest BCUT2D eigenvalue weighted by Gasteiger charge is -2.04. The highest BCUT2D eigenvalue weighted by Gasteiger charge is 2.01. The third-order valence-corrected chi connectivity index (χ3v) is 2.60. The van der Waals surface area contributed by atoms with E-state index in [-0.39, 0.29) is 11.0 Å². The number of ether oxygens (including phenoxy) is 1. The van der Waals surface area contributed by atoms with Crippen LogP contribution < -0.4 is 10.8 Å². The smallest absolute Gasteiger partial charge is 0.305 e. The first kappa shape index (κ1) is 21.6. The van der Waals surface area contributed by atoms with E-state index in [2.05, 4.69) is 6.92 Å². The molecule has 3 N–H and O–H groups in total. The van der Waals surface area contributed by atoms with E-state index in [0.717, 1.165) is 19.3 Å². The molecule has 0 atom stereocenters. The highest BCUT2D eigenvalue weighted by atomic mass is 16.5. The molecule has 0 unspecified atom stereocenters. The average Bonchev–Trinajstić information content (AvgIpc) is 2.37. The summed E-state index contributed by atoms with van der Waals surface area (Å²) in [6.45, 7) is 3.29. The second kappa shape index (κ2) is 18.4. The molecule has 0 amide bonds. The van der Waals surface area contributed by atoms with E-state index in [1.807, 2.05) is 0 Å². The molecule has 0 heterocycles. The molecular weight excluding hydrogens is 256 g/mol. The number of unbranched alkanes of at least 4 members (excludes halogenated alkanes) is 6. The molecule has 0 bridgehead atoms. The molecule has 5 heteroatoms. The first-order valence-electron chi connectivity index (χ1n) is 7.87. The molecular formula is C15H34N2O3. The summed E-state index contributed by atoms with van der Waals surface area (Å²) >= 11 is 0. The van der Waals surface area contributed by atoms with E-state index in [4.69, 9.17) is 10.5 Å². The molecule has 122 valence electrons. The van der Waals surface area contributed by atoms with Crippen LogP contribution >= 0.6 is 0 Å². The zero-order valence-corrected chi connectivity index (χ0v) is 13.6. The van der Waals surface area contributed by atoms with E-state index < -0.39 is 0 Å². The highest BCUT2D eigenvalue weighted by molar-refractivity contribution is 5.69. The van der Waals surface area contributed by atoms with Crippen molar-refractivity contribution >= 4 is 5.97 Å². The van der Waals surface area contributed by atoms with Gasteiger partial charge in [-0.2, -0.15) is 0 Å². The molecule has 0 aromatic carbocycles. The SMILES string of the molecule is CCCCCCCCCC(=O)OCCCN.C[NH+](C)[O-]. The van der Waals surface area contributed by atoms with Gasteiger partial charge in [0.2, 0.25) is 0 Å². The maximum Gasteiger partial charge on any atom is 0.305 e. The van der Waals surface area contributed by atoms with Crippen molar-refractivity contribution in [2.75, 3.05) is 27.2 Å². The maximum atomic E-state index is 11.2. The number of quaternary nitrogens is 1. The molecule has 0 aromatic heterocycles. The third kappa shape index (κ3) is 26.0. The van der Waals surface area contributed by atoms with Gasteiger partial charge in [-0.15, -0.1) is 0 Å². The summed E-state index contributed by atoms with van der Waals surface area (Å²) in [5.74, 6) is -0.0676. The minimum absolute atomic E-state index is 0.0676. The number of hydroxylamine groups is 2. The number of rotatable bonds is 11. The Morgan fingerprint density at radius 1 is 1.05 bits per heavy atom. The van der Waals surface area contributed by atoms with Gasteiger partial charge in [-0.1, -0.05) is 45.4 Å². The Morgan fingerprint density at radius 2 is 1.55 bits per heavy atom. The van der Waals surface area contributed by atoms with Gasteiger partial charge in [-0.3, -0.25) is 4.79 Å². The summed E-state index contributed by atoms with van der Waals surface area (Å²) in [5, 5.41) is 9.61. The van der Waals surface area contributed by atoms with Crippen molar-refractivity contribution in [1.29, 1.82) is 0 Å². The zero-order chi connectivity index (χ0) is 15.6. The Balaban J connectivity index is 0. The topological polar surface area (TPSA) is 79.8 Å². The zero-order valence-electron chi connectivity index (χ0n) is 13.6. The number of nitrogens with two attached hydrogens (primary N) is 1. The number of hydrogen-bond donors (Lipinski definition) is 2. The van der Waals surface area contributed by atoms with Crippen molar-refractivity contribution in [3.8, 4) is 0 Å². The van der Waals surface area contributed by atoms with Crippen LogP contribution in [0.2, 0.25) is 0 Å².